The van der Waals surface area contributed by atoms with E-state index < -0.39 is 59.6 Å². The van der Waals surface area contributed by atoms with Crippen LogP contribution in [0, 0.1) is 11.8 Å². The summed E-state index contributed by atoms with van der Waals surface area (Å²) in [4.78, 5) is 103. The van der Waals surface area contributed by atoms with Crippen LogP contribution in [0.25, 0.3) is 0 Å². The molecule has 0 saturated heterocycles. The third-order valence-electron chi connectivity index (χ3n) is 12.0. The van der Waals surface area contributed by atoms with Gasteiger partial charge in [-0.05, 0) is 150 Å². The average molecular weight is 1220 g/mol. The second kappa shape index (κ2) is 42.9. The van der Waals surface area contributed by atoms with E-state index in [-0.39, 0.29) is 129 Å². The molecule has 1 fully saturated rings. The van der Waals surface area contributed by atoms with Crippen molar-refractivity contribution in [1.82, 2.24) is 0 Å². The van der Waals surface area contributed by atoms with Crippen molar-refractivity contribution in [2.45, 2.75) is 91.9 Å². The van der Waals surface area contributed by atoms with Crippen molar-refractivity contribution >= 4 is 47.8 Å². The first-order valence-corrected chi connectivity index (χ1v) is 27.9. The van der Waals surface area contributed by atoms with E-state index in [1.54, 1.807) is 38.1 Å². The third-order valence-corrected chi connectivity index (χ3v) is 12.0. The molecule has 0 aliphatic heterocycles. The SMILES string of the molecule is C=CC(=O)OCCCCOc1ccc(C(=O)Oc2ccc(OC(=O)C3CCC(C(=O)Oc4ccc(OC(=O)c5ccc(OCCCCOC(=O)C=C)cc5)cc4C(=O)OCCOCC)CC3)c(C(=O)OCCOCC)c2)cc1.CCCC.CO.[V]. The summed E-state index contributed by atoms with van der Waals surface area (Å²) in [5, 5.41) is 7.00. The van der Waals surface area contributed by atoms with Gasteiger partial charge in [-0.15, -0.1) is 0 Å². The monoisotopic (exact) mass is 1220 g/mol. The summed E-state index contributed by atoms with van der Waals surface area (Å²) >= 11 is 0. The van der Waals surface area contributed by atoms with E-state index in [4.69, 9.17) is 61.9 Å². The van der Waals surface area contributed by atoms with Crippen LogP contribution >= 0.6 is 0 Å². The van der Waals surface area contributed by atoms with Crippen molar-refractivity contribution in [2.24, 2.45) is 11.8 Å². The van der Waals surface area contributed by atoms with Crippen molar-refractivity contribution in [3.63, 3.8) is 0 Å². The zero-order chi connectivity index (χ0) is 61.5. The largest absolute Gasteiger partial charge is 0.494 e. The van der Waals surface area contributed by atoms with Gasteiger partial charge in [0.15, 0.2) is 0 Å². The molecular weight excluding hydrogens is 1140 g/mol. The van der Waals surface area contributed by atoms with Gasteiger partial charge in [0.25, 0.3) is 0 Å². The Morgan fingerprint density at radius 2 is 0.776 bits per heavy atom. The van der Waals surface area contributed by atoms with Gasteiger partial charge in [0.2, 0.25) is 0 Å². The van der Waals surface area contributed by atoms with Crippen LogP contribution < -0.4 is 28.4 Å². The summed E-state index contributed by atoms with van der Waals surface area (Å²) < 4.78 is 65.3. The predicted molar refractivity (Wildman–Crippen MR) is 306 cm³/mol. The standard InChI is InChI=1S/C58H64O20.C4H10.CH4O.V/c1-5-51(59)71-31-11-9-29-69-43-21-17-41(18-22-43)53(61)75-45-25-27-49(47(37-45)57(65)73-35-33-67-7-3)77-55(63)39-13-15-40(16-14-39)56(64)78-50-28-26-46(38-48(50)58(66)74-36-34-68-8-4)76-54(62)42-19-23-44(24-20-42)70-30-10-12-32-72-52(60)6-2;1-3-4-2;1-2;/h5-6,17-28,37-40H,1-2,7-16,29-36H2,3-4H3;3-4H2,1-2H3;2H,1H3;. The molecule has 1 radical (unpaired) electrons. The Labute approximate surface area is 508 Å². The van der Waals surface area contributed by atoms with Crippen LogP contribution in [0.5, 0.6) is 34.5 Å². The number of carbonyl (C=O) groups excluding carboxylic acids is 8. The van der Waals surface area contributed by atoms with E-state index in [1.165, 1.54) is 73.5 Å². The molecule has 0 unspecified atom stereocenters. The first-order chi connectivity index (χ1) is 40.7. The molecule has 1 aliphatic rings. The molecular formula is C63H78O21V. The summed E-state index contributed by atoms with van der Waals surface area (Å²) in [6.07, 6.45) is 8.09. The smallest absolute Gasteiger partial charge is 0.343 e. The Balaban J connectivity index is 0.00000337. The average Bonchev–Trinajstić information content (AvgIpc) is 3.71. The van der Waals surface area contributed by atoms with Gasteiger partial charge in [0.05, 0.1) is 62.6 Å². The topological polar surface area (TPSA) is 268 Å². The van der Waals surface area contributed by atoms with E-state index >= 15 is 0 Å². The van der Waals surface area contributed by atoms with Crippen LogP contribution in [-0.4, -0.2) is 126 Å². The molecule has 1 aliphatic carbocycles. The zero-order valence-electron chi connectivity index (χ0n) is 49.0. The van der Waals surface area contributed by atoms with Crippen LogP contribution in [0.1, 0.15) is 133 Å². The summed E-state index contributed by atoms with van der Waals surface area (Å²) in [6.45, 7) is 16.6. The molecule has 0 heterocycles. The molecule has 4 aromatic rings. The Morgan fingerprint density at radius 3 is 1.11 bits per heavy atom. The number of benzene rings is 4. The molecule has 21 nitrogen and oxygen atoms in total. The fourth-order valence-electron chi connectivity index (χ4n) is 7.38. The number of rotatable bonds is 33. The molecule has 0 atom stereocenters. The van der Waals surface area contributed by atoms with Crippen LogP contribution in [0.2, 0.25) is 0 Å². The first kappa shape index (κ1) is 73.3. The van der Waals surface area contributed by atoms with Gasteiger partial charge in [-0.25, -0.2) is 28.8 Å². The minimum atomic E-state index is -0.863. The molecule has 22 heteroatoms. The Morgan fingerprint density at radius 1 is 0.435 bits per heavy atom. The number of carbonyl (C=O) groups is 8. The number of hydrogen-bond donors (Lipinski definition) is 1. The number of aliphatic hydroxyl groups excluding tert-OH is 1. The summed E-state index contributed by atoms with van der Waals surface area (Å²) in [6, 6.07) is 20.2. The first-order valence-electron chi connectivity index (χ1n) is 27.9. The summed E-state index contributed by atoms with van der Waals surface area (Å²) in [5.74, 6) is -6.23. The maximum atomic E-state index is 13.6. The zero-order valence-corrected chi connectivity index (χ0v) is 50.4. The second-order valence-corrected chi connectivity index (χ2v) is 18.1. The van der Waals surface area contributed by atoms with Gasteiger partial charge < -0.3 is 61.9 Å². The molecule has 0 amide bonds. The van der Waals surface area contributed by atoms with E-state index in [0.717, 1.165) is 19.3 Å². The van der Waals surface area contributed by atoms with Crippen LogP contribution in [-0.2, 0) is 66.2 Å². The molecule has 0 spiro atoms. The maximum Gasteiger partial charge on any atom is 0.343 e. The van der Waals surface area contributed by atoms with E-state index in [1.807, 2.05) is 0 Å². The fourth-order valence-corrected chi connectivity index (χ4v) is 7.38. The van der Waals surface area contributed by atoms with Gasteiger partial charge in [0.1, 0.15) is 58.8 Å². The Bertz CT molecular complexity index is 2530. The van der Waals surface area contributed by atoms with Crippen molar-refractivity contribution in [3.05, 3.63) is 132 Å². The minimum absolute atomic E-state index is 0. The van der Waals surface area contributed by atoms with Crippen molar-refractivity contribution in [1.29, 1.82) is 0 Å². The number of aliphatic hydroxyl groups is 1. The molecule has 5 rings (SSSR count). The number of ether oxygens (including phenoxy) is 12. The molecule has 1 saturated carbocycles. The van der Waals surface area contributed by atoms with E-state index in [2.05, 4.69) is 27.0 Å². The van der Waals surface area contributed by atoms with Crippen molar-refractivity contribution in [3.8, 4) is 34.5 Å². The van der Waals surface area contributed by atoms with Crippen molar-refractivity contribution in [2.75, 3.05) is 73.2 Å². The van der Waals surface area contributed by atoms with E-state index in [9.17, 15) is 38.4 Å². The van der Waals surface area contributed by atoms with Crippen LogP contribution in [0.4, 0.5) is 0 Å². The molecule has 0 bridgehead atoms. The third kappa shape index (κ3) is 27.6. The van der Waals surface area contributed by atoms with Gasteiger partial charge in [-0.2, -0.15) is 0 Å². The molecule has 1 N–H and O–H groups in total. The molecule has 4 aromatic carbocycles. The van der Waals surface area contributed by atoms with Gasteiger partial charge in [0, 0.05) is 51.0 Å². The van der Waals surface area contributed by atoms with Gasteiger partial charge >= 0.3 is 47.8 Å². The number of hydrogen-bond acceptors (Lipinski definition) is 21. The van der Waals surface area contributed by atoms with Gasteiger partial charge in [-0.3, -0.25) is 9.59 Å². The van der Waals surface area contributed by atoms with E-state index in [0.29, 0.717) is 63.6 Å². The number of esters is 8. The molecule has 85 heavy (non-hydrogen) atoms. The van der Waals surface area contributed by atoms with Crippen molar-refractivity contribution < 1.29 is 119 Å². The van der Waals surface area contributed by atoms with Gasteiger partial charge in [-0.1, -0.05) is 39.8 Å². The second-order valence-electron chi connectivity index (χ2n) is 18.1. The Kier molecular flexibility index (Phi) is 37.0. The fraction of sp³-hybridized carbons (Fsp3) is 0.429. The van der Waals surface area contributed by atoms with Crippen LogP contribution in [0.3, 0.4) is 0 Å². The quantitative estimate of drug-likeness (QED) is 0.0153. The molecule has 0 aromatic heterocycles. The summed E-state index contributed by atoms with van der Waals surface area (Å²) in [5.41, 5.74) is -0.00202. The predicted octanol–water partition coefficient (Wildman–Crippen LogP) is 10.0. The normalized spacial score (nSPS) is 12.9. The van der Waals surface area contributed by atoms with Crippen LogP contribution in [0.15, 0.2) is 110 Å². The number of unbranched alkanes of at least 4 members (excludes halogenated alkanes) is 3. The maximum absolute atomic E-state index is 13.6. The Hall–Kier alpha value is -7.82. The summed E-state index contributed by atoms with van der Waals surface area (Å²) in [7, 11) is 1.00. The molecule has 461 valence electrons. The minimum Gasteiger partial charge on any atom is -0.494 e.